The van der Waals surface area contributed by atoms with E-state index < -0.39 is 30.4 Å². The maximum atomic E-state index is 13.3. The van der Waals surface area contributed by atoms with E-state index >= 15 is 0 Å². The fourth-order valence-electron chi connectivity index (χ4n) is 2.12. The van der Waals surface area contributed by atoms with Crippen LogP contribution >= 0.6 is 11.8 Å². The topological polar surface area (TPSA) is 59.6 Å². The predicted octanol–water partition coefficient (Wildman–Crippen LogP) is 5.00. The minimum Gasteiger partial charge on any atom is -0.484 e. The first-order chi connectivity index (χ1) is 13.4. The maximum Gasteiger partial charge on any atom is 0.460 e. The molecular weight excluding hydrogens is 431 g/mol. The van der Waals surface area contributed by atoms with Gasteiger partial charge in [0.1, 0.15) is 0 Å². The van der Waals surface area contributed by atoms with E-state index in [1.165, 1.54) is 22.7 Å². The Hall–Kier alpha value is -2.44. The number of ether oxygens (including phenoxy) is 1. The van der Waals surface area contributed by atoms with Gasteiger partial charge in [-0.1, -0.05) is 18.1 Å². The van der Waals surface area contributed by atoms with Gasteiger partial charge in [-0.05, 0) is 23.4 Å². The smallest absolute Gasteiger partial charge is 0.460 e. The summed E-state index contributed by atoms with van der Waals surface area (Å²) in [6.07, 6.45) is -3.26. The van der Waals surface area contributed by atoms with Gasteiger partial charge in [0.15, 0.2) is 12.4 Å². The standard InChI is InChI=1S/C16H14F7N3O2S/c1-2-29-13-5-10(6-25-27)3-4-12(13)26-8-11(7-24-26)28-9-14(17,18)15(19,20)16(21,22)23/h3-8,27H,2,9H2,1H3. The predicted molar refractivity (Wildman–Crippen MR) is 90.8 cm³/mol. The van der Waals surface area contributed by atoms with Crippen LogP contribution in [0.4, 0.5) is 30.7 Å². The van der Waals surface area contributed by atoms with Crippen LogP contribution in [0.15, 0.2) is 40.6 Å². The second-order valence-electron chi connectivity index (χ2n) is 5.59. The second-order valence-corrected chi connectivity index (χ2v) is 6.90. The summed E-state index contributed by atoms with van der Waals surface area (Å²) in [5.74, 6) is -11.5. The Morgan fingerprint density at radius 2 is 1.90 bits per heavy atom. The Morgan fingerprint density at radius 1 is 1.21 bits per heavy atom. The first-order valence-electron chi connectivity index (χ1n) is 7.87. The summed E-state index contributed by atoms with van der Waals surface area (Å²) >= 11 is 1.38. The van der Waals surface area contributed by atoms with Gasteiger partial charge in [0.2, 0.25) is 0 Å². The maximum absolute atomic E-state index is 13.3. The van der Waals surface area contributed by atoms with Crippen molar-refractivity contribution in [3.05, 3.63) is 36.2 Å². The molecule has 0 saturated heterocycles. The van der Waals surface area contributed by atoms with Crippen LogP contribution in [0.25, 0.3) is 5.69 Å². The molecule has 0 saturated carbocycles. The number of alkyl halides is 7. The molecule has 0 aliphatic heterocycles. The molecule has 0 radical (unpaired) electrons. The molecule has 0 spiro atoms. The molecular formula is C16H14F7N3O2S. The number of oxime groups is 1. The van der Waals surface area contributed by atoms with Gasteiger partial charge in [-0.3, -0.25) is 0 Å². The summed E-state index contributed by atoms with van der Waals surface area (Å²) < 4.78 is 94.6. The Bertz CT molecular complexity index is 868. The van der Waals surface area contributed by atoms with Crippen molar-refractivity contribution < 1.29 is 40.7 Å². The van der Waals surface area contributed by atoms with Crippen LogP contribution in [0, 0.1) is 0 Å². The Kier molecular flexibility index (Phi) is 6.71. The van der Waals surface area contributed by atoms with Crippen LogP contribution in [0.5, 0.6) is 5.75 Å². The lowest BCUT2D eigenvalue weighted by atomic mass is 10.2. The molecule has 0 aliphatic rings. The number of rotatable bonds is 8. The molecule has 0 unspecified atom stereocenters. The minimum atomic E-state index is -6.42. The number of hydrogen-bond donors (Lipinski definition) is 1. The van der Waals surface area contributed by atoms with Gasteiger partial charge < -0.3 is 9.94 Å². The number of benzene rings is 1. The molecule has 2 aromatic rings. The van der Waals surface area contributed by atoms with E-state index in [0.717, 1.165) is 12.4 Å². The Balaban J connectivity index is 2.21. The van der Waals surface area contributed by atoms with E-state index in [1.807, 2.05) is 6.92 Å². The third kappa shape index (κ3) is 4.95. The molecule has 0 fully saturated rings. The van der Waals surface area contributed by atoms with Crippen molar-refractivity contribution in [2.45, 2.75) is 29.8 Å². The number of aromatic nitrogens is 2. The highest BCUT2D eigenvalue weighted by atomic mass is 32.2. The van der Waals surface area contributed by atoms with Gasteiger partial charge in [-0.15, -0.1) is 11.8 Å². The van der Waals surface area contributed by atoms with Gasteiger partial charge in [-0.2, -0.15) is 35.8 Å². The van der Waals surface area contributed by atoms with Gasteiger partial charge in [-0.25, -0.2) is 4.68 Å². The molecule has 0 atom stereocenters. The van der Waals surface area contributed by atoms with Crippen molar-refractivity contribution in [2.24, 2.45) is 5.16 Å². The quantitative estimate of drug-likeness (QED) is 0.204. The van der Waals surface area contributed by atoms with Crippen LogP contribution in [0.3, 0.4) is 0 Å². The fourth-order valence-corrected chi connectivity index (χ4v) is 2.96. The normalized spacial score (nSPS) is 13.2. The van der Waals surface area contributed by atoms with Crippen molar-refractivity contribution in [1.29, 1.82) is 0 Å². The number of hydrogen-bond acceptors (Lipinski definition) is 5. The van der Waals surface area contributed by atoms with E-state index in [-0.39, 0.29) is 0 Å². The Labute approximate surface area is 164 Å². The molecule has 1 N–H and O–H groups in total. The van der Waals surface area contributed by atoms with Crippen LogP contribution < -0.4 is 4.74 Å². The molecule has 5 nitrogen and oxygen atoms in total. The highest BCUT2D eigenvalue weighted by Crippen LogP contribution is 2.46. The van der Waals surface area contributed by atoms with Gasteiger partial charge >= 0.3 is 18.0 Å². The molecule has 2 rings (SSSR count). The van der Waals surface area contributed by atoms with E-state index in [4.69, 9.17) is 5.21 Å². The average molecular weight is 445 g/mol. The van der Waals surface area contributed by atoms with Crippen LogP contribution in [-0.2, 0) is 0 Å². The van der Waals surface area contributed by atoms with E-state index in [2.05, 4.69) is 15.0 Å². The van der Waals surface area contributed by atoms with E-state index in [1.54, 1.807) is 18.2 Å². The lowest BCUT2D eigenvalue weighted by molar-refractivity contribution is -0.358. The van der Waals surface area contributed by atoms with Crippen LogP contribution in [0.1, 0.15) is 12.5 Å². The highest BCUT2D eigenvalue weighted by molar-refractivity contribution is 7.99. The summed E-state index contributed by atoms with van der Waals surface area (Å²) in [5, 5.41) is 15.4. The molecule has 0 bridgehead atoms. The second kappa shape index (κ2) is 8.51. The monoisotopic (exact) mass is 445 g/mol. The first kappa shape index (κ1) is 22.8. The van der Waals surface area contributed by atoms with E-state index in [0.29, 0.717) is 21.9 Å². The third-order valence-corrected chi connectivity index (χ3v) is 4.46. The molecule has 29 heavy (non-hydrogen) atoms. The summed E-state index contributed by atoms with van der Waals surface area (Å²) in [6.45, 7) is -0.324. The molecule has 0 amide bonds. The number of halogens is 7. The van der Waals surface area contributed by atoms with Gasteiger partial charge in [0.05, 0.1) is 24.3 Å². The summed E-state index contributed by atoms with van der Waals surface area (Å²) in [6, 6.07) is 4.79. The fraction of sp³-hybridized carbons (Fsp3) is 0.375. The highest BCUT2D eigenvalue weighted by Gasteiger charge is 2.73. The van der Waals surface area contributed by atoms with Crippen molar-refractivity contribution in [3.63, 3.8) is 0 Å². The van der Waals surface area contributed by atoms with Crippen molar-refractivity contribution in [1.82, 2.24) is 9.78 Å². The molecule has 1 aromatic carbocycles. The zero-order chi connectivity index (χ0) is 21.9. The summed E-state index contributed by atoms with van der Waals surface area (Å²) in [4.78, 5) is 0.661. The Morgan fingerprint density at radius 3 is 2.48 bits per heavy atom. The lowest BCUT2D eigenvalue weighted by Gasteiger charge is -2.27. The van der Waals surface area contributed by atoms with Crippen molar-refractivity contribution in [3.8, 4) is 11.4 Å². The van der Waals surface area contributed by atoms with Gasteiger partial charge in [0.25, 0.3) is 0 Å². The largest absolute Gasteiger partial charge is 0.484 e. The zero-order valence-electron chi connectivity index (χ0n) is 14.6. The average Bonchev–Trinajstić information content (AvgIpc) is 3.09. The third-order valence-electron chi connectivity index (χ3n) is 3.53. The number of thioether (sulfide) groups is 1. The molecule has 13 heteroatoms. The van der Waals surface area contributed by atoms with Crippen LogP contribution in [-0.4, -0.2) is 51.6 Å². The summed E-state index contributed by atoms with van der Waals surface area (Å²) in [5.41, 5.74) is 1.03. The number of nitrogens with zero attached hydrogens (tertiary/aromatic N) is 3. The van der Waals surface area contributed by atoms with Crippen molar-refractivity contribution in [2.75, 3.05) is 12.4 Å². The van der Waals surface area contributed by atoms with E-state index in [9.17, 15) is 30.7 Å². The lowest BCUT2D eigenvalue weighted by Crippen LogP contribution is -2.54. The van der Waals surface area contributed by atoms with Crippen LogP contribution in [0.2, 0.25) is 0 Å². The summed E-state index contributed by atoms with van der Waals surface area (Å²) in [7, 11) is 0. The molecule has 1 heterocycles. The molecule has 0 aliphatic carbocycles. The SMILES string of the molecule is CCSc1cc(C=NO)ccc1-n1cc(OCC(F)(F)C(F)(F)C(F)(F)F)cn1. The molecule has 1 aromatic heterocycles. The minimum absolute atomic E-state index is 0.420. The zero-order valence-corrected chi connectivity index (χ0v) is 15.4. The van der Waals surface area contributed by atoms with Crippen molar-refractivity contribution >= 4 is 18.0 Å². The first-order valence-corrected chi connectivity index (χ1v) is 8.86. The van der Waals surface area contributed by atoms with Gasteiger partial charge in [0, 0.05) is 4.90 Å². The molecule has 160 valence electrons.